The van der Waals surface area contributed by atoms with Gasteiger partial charge in [-0.2, -0.15) is 0 Å². The lowest BCUT2D eigenvalue weighted by atomic mass is 9.93. The average Bonchev–Trinajstić information content (AvgIpc) is 3.15. The van der Waals surface area contributed by atoms with Gasteiger partial charge in [-0.15, -0.1) is 24.0 Å². The van der Waals surface area contributed by atoms with Gasteiger partial charge >= 0.3 is 0 Å². The molecule has 0 radical (unpaired) electrons. The van der Waals surface area contributed by atoms with Crippen molar-refractivity contribution in [2.24, 2.45) is 10.9 Å². The van der Waals surface area contributed by atoms with Crippen molar-refractivity contribution < 1.29 is 0 Å². The van der Waals surface area contributed by atoms with Gasteiger partial charge in [-0.1, -0.05) is 36.2 Å². The number of likely N-dealkylation sites (tertiary alicyclic amines) is 1. The van der Waals surface area contributed by atoms with Crippen LogP contribution in [0.1, 0.15) is 43.0 Å². The number of nitrogens with one attached hydrogen (secondary N) is 1. The smallest absolute Gasteiger partial charge is 0.193 e. The van der Waals surface area contributed by atoms with Gasteiger partial charge in [0.05, 0.1) is 12.4 Å². The number of halogens is 1. The molecule has 154 valence electrons. The Hall–Kier alpha value is -1.57. The van der Waals surface area contributed by atoms with Crippen LogP contribution in [0.15, 0.2) is 41.9 Å². The van der Waals surface area contributed by atoms with Crippen molar-refractivity contribution in [2.75, 3.05) is 26.2 Å². The Balaban J connectivity index is 0.00000280. The van der Waals surface area contributed by atoms with Gasteiger partial charge in [0, 0.05) is 38.6 Å². The van der Waals surface area contributed by atoms with Crippen LogP contribution >= 0.6 is 24.0 Å². The van der Waals surface area contributed by atoms with Gasteiger partial charge in [0.2, 0.25) is 0 Å². The Bertz CT molecular complexity index is 736. The Morgan fingerprint density at radius 1 is 1.25 bits per heavy atom. The highest BCUT2D eigenvalue weighted by atomic mass is 127. The highest BCUT2D eigenvalue weighted by molar-refractivity contribution is 14.0. The number of nitrogens with zero attached hydrogens (tertiary/aromatic N) is 4. The first-order chi connectivity index (χ1) is 13.1. The summed E-state index contributed by atoms with van der Waals surface area (Å²) < 4.78 is 2.25. The van der Waals surface area contributed by atoms with Gasteiger partial charge in [0.15, 0.2) is 5.96 Å². The van der Waals surface area contributed by atoms with Crippen LogP contribution in [0.2, 0.25) is 0 Å². The van der Waals surface area contributed by atoms with Crippen LogP contribution in [-0.4, -0.2) is 46.6 Å². The van der Waals surface area contributed by atoms with E-state index in [9.17, 15) is 0 Å². The Morgan fingerprint density at radius 3 is 2.64 bits per heavy atom. The fourth-order valence-corrected chi connectivity index (χ4v) is 4.03. The fourth-order valence-electron chi connectivity index (χ4n) is 4.03. The number of guanidine groups is 1. The topological polar surface area (TPSA) is 45.5 Å². The van der Waals surface area contributed by atoms with Crippen LogP contribution in [0.25, 0.3) is 0 Å². The van der Waals surface area contributed by atoms with Gasteiger partial charge in [-0.05, 0) is 45.1 Å². The lowest BCUT2D eigenvalue weighted by molar-refractivity contribution is 0.189. The molecule has 0 saturated carbocycles. The Kier molecular flexibility index (Phi) is 8.79. The second-order valence-corrected chi connectivity index (χ2v) is 7.77. The lowest BCUT2D eigenvalue weighted by Gasteiger charge is -2.39. The molecule has 2 aromatic rings. The molecule has 2 heterocycles. The zero-order valence-electron chi connectivity index (χ0n) is 17.6. The molecular weight excluding hydrogens is 461 g/mol. The molecule has 1 fully saturated rings. The van der Waals surface area contributed by atoms with E-state index < -0.39 is 0 Å². The molecule has 0 spiro atoms. The summed E-state index contributed by atoms with van der Waals surface area (Å²) in [5, 5.41) is 3.49. The molecule has 2 unspecified atom stereocenters. The summed E-state index contributed by atoms with van der Waals surface area (Å²) in [4.78, 5) is 11.6. The van der Waals surface area contributed by atoms with Crippen molar-refractivity contribution in [3.8, 4) is 0 Å². The van der Waals surface area contributed by atoms with Crippen molar-refractivity contribution in [3.63, 3.8) is 0 Å². The van der Waals surface area contributed by atoms with E-state index in [0.717, 1.165) is 38.6 Å². The summed E-state index contributed by atoms with van der Waals surface area (Å²) in [6.07, 6.45) is 8.04. The summed E-state index contributed by atoms with van der Waals surface area (Å²) in [6.45, 7) is 12.5. The van der Waals surface area contributed by atoms with E-state index in [1.807, 2.05) is 12.5 Å². The second kappa shape index (κ2) is 10.8. The second-order valence-electron chi connectivity index (χ2n) is 7.77. The maximum absolute atomic E-state index is 4.94. The van der Waals surface area contributed by atoms with Crippen molar-refractivity contribution in [2.45, 2.75) is 46.6 Å². The van der Waals surface area contributed by atoms with Crippen LogP contribution in [0.5, 0.6) is 0 Å². The number of imidazole rings is 1. The van der Waals surface area contributed by atoms with Crippen molar-refractivity contribution in [3.05, 3.63) is 53.6 Å². The molecular formula is C22H34IN5. The molecule has 1 N–H and O–H groups in total. The van der Waals surface area contributed by atoms with Crippen LogP contribution in [0.4, 0.5) is 0 Å². The molecule has 5 nitrogen and oxygen atoms in total. The predicted octanol–water partition coefficient (Wildman–Crippen LogP) is 4.21. The van der Waals surface area contributed by atoms with Crippen molar-refractivity contribution in [1.29, 1.82) is 0 Å². The molecule has 1 saturated heterocycles. The molecule has 3 rings (SSSR count). The Labute approximate surface area is 186 Å². The normalized spacial score (nSPS) is 20.0. The maximum atomic E-state index is 4.94. The van der Waals surface area contributed by atoms with Crippen LogP contribution < -0.4 is 5.32 Å². The van der Waals surface area contributed by atoms with E-state index in [0.29, 0.717) is 12.0 Å². The number of hydrogen-bond donors (Lipinski definition) is 1. The molecule has 1 aromatic heterocycles. The van der Waals surface area contributed by atoms with Crippen molar-refractivity contribution in [1.82, 2.24) is 19.8 Å². The monoisotopic (exact) mass is 495 g/mol. The van der Waals surface area contributed by atoms with E-state index in [1.54, 1.807) is 0 Å². The van der Waals surface area contributed by atoms with Crippen LogP contribution in [-0.2, 0) is 6.42 Å². The minimum Gasteiger partial charge on any atom is -0.357 e. The predicted molar refractivity (Wildman–Crippen MR) is 128 cm³/mol. The third-order valence-electron chi connectivity index (χ3n) is 5.40. The summed E-state index contributed by atoms with van der Waals surface area (Å²) in [5.41, 5.74) is 4.03. The largest absolute Gasteiger partial charge is 0.357 e. The molecule has 0 bridgehead atoms. The van der Waals surface area contributed by atoms with Gasteiger partial charge in [-0.3, -0.25) is 4.99 Å². The van der Waals surface area contributed by atoms with E-state index in [-0.39, 0.29) is 24.0 Å². The quantitative estimate of drug-likeness (QED) is 0.384. The molecule has 2 atom stereocenters. The number of rotatable bonds is 5. The Morgan fingerprint density at radius 2 is 2.00 bits per heavy atom. The highest BCUT2D eigenvalue weighted by Crippen LogP contribution is 2.27. The summed E-state index contributed by atoms with van der Waals surface area (Å²) in [5.74, 6) is 1.69. The first-order valence-corrected chi connectivity index (χ1v) is 10.1. The molecule has 1 aliphatic rings. The molecule has 1 aromatic carbocycles. The molecule has 1 aliphatic heterocycles. The van der Waals surface area contributed by atoms with Crippen molar-refractivity contribution >= 4 is 29.9 Å². The SMILES string of the molecule is CCNC(=NCCc1cc(C)cc(C)c1)N1CCC(C)C(n2ccnc2)C1.I. The van der Waals surface area contributed by atoms with Gasteiger partial charge < -0.3 is 14.8 Å². The highest BCUT2D eigenvalue weighted by Gasteiger charge is 2.28. The molecule has 0 amide bonds. The van der Waals surface area contributed by atoms with Crippen LogP contribution in [0, 0.1) is 19.8 Å². The van der Waals surface area contributed by atoms with Gasteiger partial charge in [0.1, 0.15) is 0 Å². The standard InChI is InChI=1S/C22H33N5.HI/c1-5-24-22(25-8-6-20-13-17(2)12-18(3)14-20)26-10-7-19(4)21(15-26)27-11-9-23-16-27;/h9,11-14,16,19,21H,5-8,10,15H2,1-4H3,(H,24,25);1H. The van der Waals surface area contributed by atoms with E-state index >= 15 is 0 Å². The third kappa shape index (κ3) is 5.96. The maximum Gasteiger partial charge on any atom is 0.193 e. The first kappa shape index (κ1) is 22.7. The molecule has 6 heteroatoms. The molecule has 0 aliphatic carbocycles. The number of aryl methyl sites for hydroxylation is 2. The van der Waals surface area contributed by atoms with Gasteiger partial charge in [0.25, 0.3) is 0 Å². The number of piperidine rings is 1. The lowest BCUT2D eigenvalue weighted by Crippen LogP contribution is -2.49. The zero-order chi connectivity index (χ0) is 19.2. The van der Waals surface area contributed by atoms with E-state index in [4.69, 9.17) is 4.99 Å². The number of aromatic nitrogens is 2. The zero-order valence-corrected chi connectivity index (χ0v) is 19.9. The van der Waals surface area contributed by atoms with E-state index in [2.05, 4.69) is 71.9 Å². The average molecular weight is 495 g/mol. The van der Waals surface area contributed by atoms with Gasteiger partial charge in [-0.25, -0.2) is 4.98 Å². The number of aliphatic imine (C=N–C) groups is 1. The fraction of sp³-hybridized carbons (Fsp3) is 0.545. The summed E-state index contributed by atoms with van der Waals surface area (Å²) in [6, 6.07) is 7.21. The summed E-state index contributed by atoms with van der Waals surface area (Å²) in [7, 11) is 0. The number of hydrogen-bond acceptors (Lipinski definition) is 2. The number of benzene rings is 1. The minimum atomic E-state index is 0. The first-order valence-electron chi connectivity index (χ1n) is 10.1. The summed E-state index contributed by atoms with van der Waals surface area (Å²) >= 11 is 0. The third-order valence-corrected chi connectivity index (χ3v) is 5.40. The van der Waals surface area contributed by atoms with E-state index in [1.165, 1.54) is 23.1 Å². The molecule has 28 heavy (non-hydrogen) atoms. The van der Waals surface area contributed by atoms with Crippen LogP contribution in [0.3, 0.4) is 0 Å². The minimum absolute atomic E-state index is 0.